The van der Waals surface area contributed by atoms with Crippen molar-refractivity contribution in [1.29, 1.82) is 0 Å². The molecule has 0 spiro atoms. The Labute approximate surface area is 105 Å². The minimum atomic E-state index is -4.85. The van der Waals surface area contributed by atoms with Crippen molar-refractivity contribution in [2.24, 2.45) is 7.05 Å². The molecule has 2 aromatic rings. The largest absolute Gasteiger partial charge is 0.450 e. The summed E-state index contributed by atoms with van der Waals surface area (Å²) in [7, 11) is 1.53. The van der Waals surface area contributed by atoms with Crippen LogP contribution < -0.4 is 0 Å². The maximum atomic E-state index is 12.2. The van der Waals surface area contributed by atoms with Gasteiger partial charge in [-0.1, -0.05) is 17.7 Å². The molecule has 7 heteroatoms. The Hall–Kier alpha value is -1.56. The van der Waals surface area contributed by atoms with Gasteiger partial charge in [-0.15, -0.1) is 0 Å². The van der Waals surface area contributed by atoms with Crippen molar-refractivity contribution in [3.8, 4) is 0 Å². The smallest absolute Gasteiger partial charge is 0.330 e. The first-order valence-corrected chi connectivity index (χ1v) is 5.38. The SMILES string of the molecule is Cn1c(CC(=O)C(F)(F)F)nc2cccc(Cl)c21. The molecule has 0 bridgehead atoms. The number of hydrogen-bond acceptors (Lipinski definition) is 2. The molecular formula is C11H8ClF3N2O. The quantitative estimate of drug-likeness (QED) is 0.845. The molecule has 0 fully saturated rings. The van der Waals surface area contributed by atoms with Crippen LogP contribution in [0.3, 0.4) is 0 Å². The number of carbonyl (C=O) groups is 1. The van der Waals surface area contributed by atoms with Crippen LogP contribution in [-0.2, 0) is 18.3 Å². The van der Waals surface area contributed by atoms with E-state index in [1.54, 1.807) is 18.2 Å². The van der Waals surface area contributed by atoms with E-state index in [1.807, 2.05) is 0 Å². The van der Waals surface area contributed by atoms with Gasteiger partial charge in [-0.25, -0.2) is 4.98 Å². The van der Waals surface area contributed by atoms with E-state index in [9.17, 15) is 18.0 Å². The predicted octanol–water partition coefficient (Wildman–Crippen LogP) is 2.90. The second kappa shape index (κ2) is 4.28. The summed E-state index contributed by atoms with van der Waals surface area (Å²) in [5, 5.41) is 0.383. The van der Waals surface area contributed by atoms with Gasteiger partial charge in [0.1, 0.15) is 5.82 Å². The molecule has 0 saturated heterocycles. The molecule has 96 valence electrons. The fourth-order valence-corrected chi connectivity index (χ4v) is 1.97. The van der Waals surface area contributed by atoms with Crippen LogP contribution in [0.2, 0.25) is 5.02 Å². The van der Waals surface area contributed by atoms with E-state index >= 15 is 0 Å². The van der Waals surface area contributed by atoms with Crippen LogP contribution in [0.1, 0.15) is 5.82 Å². The number of aryl methyl sites for hydroxylation is 1. The first kappa shape index (κ1) is 12.9. The molecule has 0 unspecified atom stereocenters. The lowest BCUT2D eigenvalue weighted by atomic mass is 10.2. The van der Waals surface area contributed by atoms with Crippen LogP contribution in [0.5, 0.6) is 0 Å². The fourth-order valence-electron chi connectivity index (χ4n) is 1.67. The minimum absolute atomic E-state index is 0.0421. The maximum Gasteiger partial charge on any atom is 0.450 e. The molecule has 18 heavy (non-hydrogen) atoms. The Morgan fingerprint density at radius 2 is 2.11 bits per heavy atom. The van der Waals surface area contributed by atoms with Gasteiger partial charge in [0.15, 0.2) is 0 Å². The number of fused-ring (bicyclic) bond motifs is 1. The Bertz CT molecular complexity index is 619. The highest BCUT2D eigenvalue weighted by atomic mass is 35.5. The van der Waals surface area contributed by atoms with Crippen LogP contribution in [-0.4, -0.2) is 21.5 Å². The number of carbonyl (C=O) groups excluding carboxylic acids is 1. The second-order valence-electron chi connectivity index (χ2n) is 3.79. The third-order valence-electron chi connectivity index (χ3n) is 2.57. The zero-order valence-electron chi connectivity index (χ0n) is 9.25. The Morgan fingerprint density at radius 3 is 2.67 bits per heavy atom. The molecule has 0 saturated carbocycles. The number of alkyl halides is 3. The topological polar surface area (TPSA) is 34.9 Å². The molecule has 0 N–H and O–H groups in total. The fraction of sp³-hybridized carbons (Fsp3) is 0.273. The van der Waals surface area contributed by atoms with Gasteiger partial charge in [-0.05, 0) is 12.1 Å². The second-order valence-corrected chi connectivity index (χ2v) is 4.20. The first-order chi connectivity index (χ1) is 8.30. The third kappa shape index (κ3) is 2.20. The van der Waals surface area contributed by atoms with E-state index < -0.39 is 18.4 Å². The molecule has 2 rings (SSSR count). The van der Waals surface area contributed by atoms with Gasteiger partial charge in [0.05, 0.1) is 22.5 Å². The highest BCUT2D eigenvalue weighted by Gasteiger charge is 2.38. The van der Waals surface area contributed by atoms with Gasteiger partial charge in [-0.2, -0.15) is 13.2 Å². The lowest BCUT2D eigenvalue weighted by Gasteiger charge is -2.05. The zero-order chi connectivity index (χ0) is 13.5. The van der Waals surface area contributed by atoms with Crippen molar-refractivity contribution in [1.82, 2.24) is 9.55 Å². The molecule has 0 aliphatic carbocycles. The third-order valence-corrected chi connectivity index (χ3v) is 2.88. The summed E-state index contributed by atoms with van der Waals surface area (Å²) in [6, 6.07) is 4.89. The highest BCUT2D eigenvalue weighted by molar-refractivity contribution is 6.35. The van der Waals surface area contributed by atoms with Crippen LogP contribution in [0.15, 0.2) is 18.2 Å². The van der Waals surface area contributed by atoms with Crippen molar-refractivity contribution in [2.45, 2.75) is 12.6 Å². The van der Waals surface area contributed by atoms with Crippen molar-refractivity contribution in [3.05, 3.63) is 29.0 Å². The molecular weight excluding hydrogens is 269 g/mol. The van der Waals surface area contributed by atoms with Crippen molar-refractivity contribution in [3.63, 3.8) is 0 Å². The number of benzene rings is 1. The van der Waals surface area contributed by atoms with Gasteiger partial charge >= 0.3 is 6.18 Å². The minimum Gasteiger partial charge on any atom is -0.330 e. The highest BCUT2D eigenvalue weighted by Crippen LogP contribution is 2.25. The molecule has 0 aliphatic rings. The number of nitrogens with zero attached hydrogens (tertiary/aromatic N) is 2. The van der Waals surface area contributed by atoms with Crippen LogP contribution >= 0.6 is 11.6 Å². The van der Waals surface area contributed by atoms with E-state index in [0.717, 1.165) is 0 Å². The Kier molecular flexibility index (Phi) is 3.06. The van der Waals surface area contributed by atoms with Crippen molar-refractivity contribution in [2.75, 3.05) is 0 Å². The summed E-state index contributed by atoms with van der Waals surface area (Å²) in [6.45, 7) is 0. The van der Waals surface area contributed by atoms with Crippen LogP contribution in [0.4, 0.5) is 13.2 Å². The number of para-hydroxylation sites is 1. The Morgan fingerprint density at radius 1 is 1.44 bits per heavy atom. The first-order valence-electron chi connectivity index (χ1n) is 5.00. The summed E-state index contributed by atoms with van der Waals surface area (Å²) < 4.78 is 38.0. The molecule has 1 aromatic carbocycles. The van der Waals surface area contributed by atoms with E-state index in [0.29, 0.717) is 16.1 Å². The Balaban J connectivity index is 2.45. The van der Waals surface area contributed by atoms with Crippen LogP contribution in [0.25, 0.3) is 11.0 Å². The summed E-state index contributed by atoms with van der Waals surface area (Å²) in [4.78, 5) is 14.9. The van der Waals surface area contributed by atoms with Gasteiger partial charge < -0.3 is 4.57 Å². The van der Waals surface area contributed by atoms with E-state index in [1.165, 1.54) is 11.6 Å². The van der Waals surface area contributed by atoms with E-state index in [4.69, 9.17) is 11.6 Å². The van der Waals surface area contributed by atoms with Gasteiger partial charge in [0.25, 0.3) is 0 Å². The lowest BCUT2D eigenvalue weighted by Crippen LogP contribution is -2.25. The summed E-state index contributed by atoms with van der Waals surface area (Å²) in [5.41, 5.74) is 0.985. The average Bonchev–Trinajstić information content (AvgIpc) is 2.56. The molecule has 0 amide bonds. The van der Waals surface area contributed by atoms with Crippen molar-refractivity contribution >= 4 is 28.4 Å². The average molecular weight is 277 g/mol. The molecule has 0 atom stereocenters. The van der Waals surface area contributed by atoms with Gasteiger partial charge in [0.2, 0.25) is 5.78 Å². The molecule has 1 heterocycles. The normalized spacial score (nSPS) is 12.1. The summed E-state index contributed by atoms with van der Waals surface area (Å²) in [5.74, 6) is -1.78. The van der Waals surface area contributed by atoms with E-state index in [2.05, 4.69) is 4.98 Å². The number of Topliss-reactive ketones (excluding diaryl/α,β-unsaturated/α-hetero) is 1. The number of aromatic nitrogens is 2. The monoisotopic (exact) mass is 276 g/mol. The molecule has 1 aromatic heterocycles. The summed E-state index contributed by atoms with van der Waals surface area (Å²) in [6.07, 6.45) is -5.63. The lowest BCUT2D eigenvalue weighted by molar-refractivity contribution is -0.170. The van der Waals surface area contributed by atoms with Crippen LogP contribution in [0, 0.1) is 0 Å². The van der Waals surface area contributed by atoms with Gasteiger partial charge in [-0.3, -0.25) is 4.79 Å². The number of rotatable bonds is 2. The van der Waals surface area contributed by atoms with Gasteiger partial charge in [0, 0.05) is 7.05 Å². The molecule has 0 radical (unpaired) electrons. The maximum absolute atomic E-state index is 12.2. The number of imidazole rings is 1. The van der Waals surface area contributed by atoms with Crippen molar-refractivity contribution < 1.29 is 18.0 Å². The standard InChI is InChI=1S/C11H8ClF3N2O/c1-17-9(5-8(18)11(13,14)15)16-7-4-2-3-6(12)10(7)17/h2-4H,5H2,1H3. The van der Waals surface area contributed by atoms with E-state index in [-0.39, 0.29) is 5.82 Å². The number of ketones is 1. The molecule has 0 aliphatic heterocycles. The number of hydrogen-bond donors (Lipinski definition) is 0. The summed E-state index contributed by atoms with van der Waals surface area (Å²) >= 11 is 5.93. The zero-order valence-corrected chi connectivity index (χ0v) is 10.0. The predicted molar refractivity (Wildman–Crippen MR) is 60.5 cm³/mol. The number of halogens is 4. The molecule has 3 nitrogen and oxygen atoms in total.